The van der Waals surface area contributed by atoms with E-state index in [1.54, 1.807) is 0 Å². The van der Waals surface area contributed by atoms with E-state index >= 15 is 0 Å². The lowest BCUT2D eigenvalue weighted by molar-refractivity contribution is -0.126. The molecule has 0 bridgehead atoms. The third-order valence-corrected chi connectivity index (χ3v) is 3.35. The molecule has 0 aromatic rings. The van der Waals surface area contributed by atoms with Gasteiger partial charge in [0.1, 0.15) is 0 Å². The van der Waals surface area contributed by atoms with Crippen LogP contribution >= 0.6 is 0 Å². The predicted octanol–water partition coefficient (Wildman–Crippen LogP) is 0.637. The second-order valence-corrected chi connectivity index (χ2v) is 6.25. The van der Waals surface area contributed by atoms with E-state index in [1.165, 1.54) is 0 Å². The Bertz CT molecular complexity index is 258. The van der Waals surface area contributed by atoms with Crippen molar-refractivity contribution in [2.75, 3.05) is 6.61 Å². The van der Waals surface area contributed by atoms with E-state index in [4.69, 9.17) is 5.73 Å². The minimum atomic E-state index is -0.416. The summed E-state index contributed by atoms with van der Waals surface area (Å²) in [5.74, 6) is -0.643. The number of primary amides is 1. The summed E-state index contributed by atoms with van der Waals surface area (Å²) in [6.07, 6.45) is 1.73. The van der Waals surface area contributed by atoms with E-state index in [-0.39, 0.29) is 29.5 Å². The van der Waals surface area contributed by atoms with Crippen LogP contribution in [0.4, 0.5) is 0 Å². The van der Waals surface area contributed by atoms with E-state index in [0.717, 1.165) is 12.8 Å². The molecule has 1 heterocycles. The minimum Gasteiger partial charge on any atom is -0.396 e. The molecule has 1 amide bonds. The fourth-order valence-electron chi connectivity index (χ4n) is 3.16. The van der Waals surface area contributed by atoms with E-state index < -0.39 is 5.92 Å². The summed E-state index contributed by atoms with van der Waals surface area (Å²) in [7, 11) is 0. The minimum absolute atomic E-state index is 0.0186. The zero-order valence-electron chi connectivity index (χ0n) is 10.7. The van der Waals surface area contributed by atoms with Crippen molar-refractivity contribution in [1.29, 1.82) is 0 Å². The normalized spacial score (nSPS) is 26.3. The van der Waals surface area contributed by atoms with Gasteiger partial charge in [0.25, 0.3) is 0 Å². The van der Waals surface area contributed by atoms with Crippen LogP contribution in [0.25, 0.3) is 0 Å². The highest BCUT2D eigenvalue weighted by Crippen LogP contribution is 2.36. The molecule has 1 atom stereocenters. The van der Waals surface area contributed by atoms with Gasteiger partial charge >= 0.3 is 0 Å². The van der Waals surface area contributed by atoms with Crippen LogP contribution in [-0.4, -0.2) is 28.7 Å². The molecule has 16 heavy (non-hydrogen) atoms. The highest BCUT2D eigenvalue weighted by molar-refractivity contribution is 5.77. The second kappa shape index (κ2) is 4.34. The molecule has 4 heteroatoms. The highest BCUT2D eigenvalue weighted by Gasteiger charge is 2.41. The van der Waals surface area contributed by atoms with Gasteiger partial charge in [-0.2, -0.15) is 0 Å². The Morgan fingerprint density at radius 2 is 1.81 bits per heavy atom. The van der Waals surface area contributed by atoms with Crippen molar-refractivity contribution >= 4 is 5.91 Å². The van der Waals surface area contributed by atoms with Crippen molar-refractivity contribution in [1.82, 2.24) is 5.32 Å². The third kappa shape index (κ3) is 3.19. The van der Waals surface area contributed by atoms with Gasteiger partial charge in [0.15, 0.2) is 0 Å². The molecule has 94 valence electrons. The molecule has 4 nitrogen and oxygen atoms in total. The number of hydrogen-bond donors (Lipinski definition) is 3. The summed E-state index contributed by atoms with van der Waals surface area (Å²) in [4.78, 5) is 11.3. The van der Waals surface area contributed by atoms with Crippen molar-refractivity contribution in [3.8, 4) is 0 Å². The molecular weight excluding hydrogens is 204 g/mol. The van der Waals surface area contributed by atoms with Gasteiger partial charge < -0.3 is 16.2 Å². The van der Waals surface area contributed by atoms with Crippen molar-refractivity contribution < 1.29 is 9.90 Å². The number of carbonyl (C=O) groups is 1. The standard InChI is InChI=1S/C12H24N2O2/c1-11(2)5-8(6-12(3,4)14-11)9(7-15)10(13)16/h8-9,14-15H,5-7H2,1-4H3,(H2,13,16)/t9-/m1/s1. The van der Waals surface area contributed by atoms with Crippen molar-refractivity contribution in [3.05, 3.63) is 0 Å². The first-order valence-corrected chi connectivity index (χ1v) is 5.86. The van der Waals surface area contributed by atoms with Gasteiger partial charge in [-0.25, -0.2) is 0 Å². The molecule has 0 aliphatic carbocycles. The molecule has 0 radical (unpaired) electrons. The molecule has 0 aromatic heterocycles. The number of aliphatic hydroxyl groups excluding tert-OH is 1. The van der Waals surface area contributed by atoms with E-state index in [0.29, 0.717) is 0 Å². The SMILES string of the molecule is CC1(C)CC([C@@H](CO)C(N)=O)CC(C)(C)N1. The van der Waals surface area contributed by atoms with Gasteiger partial charge in [-0.1, -0.05) is 0 Å². The van der Waals surface area contributed by atoms with Crippen molar-refractivity contribution in [2.24, 2.45) is 17.6 Å². The maximum absolute atomic E-state index is 11.3. The third-order valence-electron chi connectivity index (χ3n) is 3.35. The van der Waals surface area contributed by atoms with Gasteiger partial charge in [-0.15, -0.1) is 0 Å². The lowest BCUT2D eigenvalue weighted by Crippen LogP contribution is -2.59. The highest BCUT2D eigenvalue weighted by atomic mass is 16.3. The molecule has 1 saturated heterocycles. The van der Waals surface area contributed by atoms with Gasteiger partial charge in [-0.05, 0) is 46.5 Å². The summed E-state index contributed by atoms with van der Waals surface area (Å²) < 4.78 is 0. The average molecular weight is 228 g/mol. The van der Waals surface area contributed by atoms with Crippen LogP contribution in [-0.2, 0) is 4.79 Å². The average Bonchev–Trinajstić information content (AvgIpc) is 1.97. The molecule has 1 aliphatic heterocycles. The Morgan fingerprint density at radius 1 is 1.38 bits per heavy atom. The van der Waals surface area contributed by atoms with Crippen molar-refractivity contribution in [2.45, 2.75) is 51.6 Å². The molecule has 1 fully saturated rings. The monoisotopic (exact) mass is 228 g/mol. The Hall–Kier alpha value is -0.610. The quantitative estimate of drug-likeness (QED) is 0.663. The molecule has 0 spiro atoms. The number of carbonyl (C=O) groups excluding carboxylic acids is 1. The first-order valence-electron chi connectivity index (χ1n) is 5.86. The molecule has 1 rings (SSSR count). The van der Waals surface area contributed by atoms with Crippen LogP contribution in [0.1, 0.15) is 40.5 Å². The van der Waals surface area contributed by atoms with Crippen molar-refractivity contribution in [3.63, 3.8) is 0 Å². The van der Waals surface area contributed by atoms with Gasteiger partial charge in [0, 0.05) is 11.1 Å². The largest absolute Gasteiger partial charge is 0.396 e. The van der Waals surface area contributed by atoms with Gasteiger partial charge in [0.05, 0.1) is 12.5 Å². The van der Waals surface area contributed by atoms with Crippen LogP contribution in [0.5, 0.6) is 0 Å². The molecular formula is C12H24N2O2. The lowest BCUT2D eigenvalue weighted by Gasteiger charge is -2.48. The van der Waals surface area contributed by atoms with Crippen LogP contribution < -0.4 is 11.1 Å². The molecule has 0 aromatic carbocycles. The number of nitrogens with one attached hydrogen (secondary N) is 1. The van der Waals surface area contributed by atoms with Crippen LogP contribution in [0, 0.1) is 11.8 Å². The Kier molecular flexibility index (Phi) is 3.65. The summed E-state index contributed by atoms with van der Waals surface area (Å²) in [5, 5.41) is 12.8. The van der Waals surface area contributed by atoms with E-state index in [9.17, 15) is 9.90 Å². The first-order chi connectivity index (χ1) is 7.17. The Morgan fingerprint density at radius 3 is 2.12 bits per heavy atom. The molecule has 0 saturated carbocycles. The predicted molar refractivity (Wildman–Crippen MR) is 63.8 cm³/mol. The van der Waals surface area contributed by atoms with Gasteiger partial charge in [-0.3, -0.25) is 4.79 Å². The second-order valence-electron chi connectivity index (χ2n) is 6.25. The topological polar surface area (TPSA) is 75.3 Å². The summed E-state index contributed by atoms with van der Waals surface area (Å²) >= 11 is 0. The molecule has 4 N–H and O–H groups in total. The van der Waals surface area contributed by atoms with Crippen LogP contribution in [0.15, 0.2) is 0 Å². The zero-order valence-corrected chi connectivity index (χ0v) is 10.7. The zero-order chi connectivity index (χ0) is 12.6. The fraction of sp³-hybridized carbons (Fsp3) is 0.917. The number of nitrogens with two attached hydrogens (primary N) is 1. The first kappa shape index (κ1) is 13.5. The number of rotatable bonds is 3. The van der Waals surface area contributed by atoms with Crippen LogP contribution in [0.2, 0.25) is 0 Å². The Balaban J connectivity index is 2.84. The Labute approximate surface area is 97.6 Å². The number of aliphatic hydroxyl groups is 1. The number of piperidine rings is 1. The van der Waals surface area contributed by atoms with E-state index in [2.05, 4.69) is 33.0 Å². The number of amides is 1. The summed E-state index contributed by atoms with van der Waals surface area (Å²) in [5.41, 5.74) is 5.30. The number of hydrogen-bond acceptors (Lipinski definition) is 3. The maximum atomic E-state index is 11.3. The summed E-state index contributed by atoms with van der Waals surface area (Å²) in [6, 6.07) is 0. The summed E-state index contributed by atoms with van der Waals surface area (Å²) in [6.45, 7) is 8.34. The molecule has 0 unspecified atom stereocenters. The van der Waals surface area contributed by atoms with Gasteiger partial charge in [0.2, 0.25) is 5.91 Å². The molecule has 1 aliphatic rings. The maximum Gasteiger partial charge on any atom is 0.223 e. The van der Waals surface area contributed by atoms with Crippen LogP contribution in [0.3, 0.4) is 0 Å². The van der Waals surface area contributed by atoms with E-state index in [1.807, 2.05) is 0 Å². The lowest BCUT2D eigenvalue weighted by atomic mass is 9.71. The fourth-order valence-corrected chi connectivity index (χ4v) is 3.16. The smallest absolute Gasteiger partial charge is 0.223 e.